The average Bonchev–Trinajstić information content (AvgIpc) is 3.07. The fourth-order valence-electron chi connectivity index (χ4n) is 1.63. The van der Waals surface area contributed by atoms with Crippen molar-refractivity contribution in [3.63, 3.8) is 0 Å². The molecule has 0 unspecified atom stereocenters. The monoisotopic (exact) mass is 322 g/mol. The van der Waals surface area contributed by atoms with Gasteiger partial charge in [-0.15, -0.1) is 22.7 Å². The Hall–Kier alpha value is -1.50. The molecular weight excluding hydrogens is 312 g/mol. The quantitative estimate of drug-likeness (QED) is 0.729. The number of hydrogen-bond acceptors (Lipinski definition) is 6. The van der Waals surface area contributed by atoms with Gasteiger partial charge in [0.15, 0.2) is 0 Å². The minimum atomic E-state index is 0.690. The van der Waals surface area contributed by atoms with E-state index in [1.54, 1.807) is 23.7 Å². The van der Waals surface area contributed by atoms with Gasteiger partial charge < -0.3 is 4.90 Å². The fourth-order valence-corrected chi connectivity index (χ4v) is 3.51. The Morgan fingerprint density at radius 2 is 1.90 bits per heavy atom. The molecule has 0 aliphatic heterocycles. The van der Waals surface area contributed by atoms with Gasteiger partial charge in [-0.25, -0.2) is 15.0 Å². The van der Waals surface area contributed by atoms with Crippen molar-refractivity contribution in [1.82, 2.24) is 15.0 Å². The SMILES string of the molecule is CN(C)c1ncc(-c2nc(-c3ccc(Cl)s3)cs2)cn1. The summed E-state index contributed by atoms with van der Waals surface area (Å²) in [6.07, 6.45) is 3.60. The van der Waals surface area contributed by atoms with Gasteiger partial charge in [-0.05, 0) is 12.1 Å². The summed E-state index contributed by atoms with van der Waals surface area (Å²) >= 11 is 9.06. The molecule has 0 radical (unpaired) electrons. The van der Waals surface area contributed by atoms with Crippen LogP contribution in [0.2, 0.25) is 4.34 Å². The minimum absolute atomic E-state index is 0.690. The largest absolute Gasteiger partial charge is 0.347 e. The summed E-state index contributed by atoms with van der Waals surface area (Å²) < 4.78 is 0.771. The Kier molecular flexibility index (Phi) is 3.69. The van der Waals surface area contributed by atoms with Crippen molar-refractivity contribution in [1.29, 1.82) is 0 Å². The van der Waals surface area contributed by atoms with E-state index in [0.29, 0.717) is 5.95 Å². The fraction of sp³-hybridized carbons (Fsp3) is 0.154. The van der Waals surface area contributed by atoms with Gasteiger partial charge in [-0.1, -0.05) is 11.6 Å². The Morgan fingerprint density at radius 1 is 1.15 bits per heavy atom. The Balaban J connectivity index is 1.90. The third-order valence-corrected chi connectivity index (χ3v) is 4.76. The molecule has 0 atom stereocenters. The summed E-state index contributed by atoms with van der Waals surface area (Å²) in [4.78, 5) is 16.2. The zero-order valence-electron chi connectivity index (χ0n) is 10.9. The number of hydrogen-bond donors (Lipinski definition) is 0. The molecular formula is C13H11ClN4S2. The van der Waals surface area contributed by atoms with Crippen molar-refractivity contribution in [2.45, 2.75) is 0 Å². The maximum atomic E-state index is 5.95. The first-order valence-electron chi connectivity index (χ1n) is 5.84. The lowest BCUT2D eigenvalue weighted by molar-refractivity contribution is 0.999. The molecule has 7 heteroatoms. The number of thiazole rings is 1. The van der Waals surface area contributed by atoms with E-state index >= 15 is 0 Å². The first-order chi connectivity index (χ1) is 9.63. The molecule has 0 saturated heterocycles. The molecule has 0 aliphatic rings. The van der Waals surface area contributed by atoms with Crippen LogP contribution in [0.3, 0.4) is 0 Å². The van der Waals surface area contributed by atoms with Crippen LogP contribution >= 0.6 is 34.3 Å². The number of rotatable bonds is 3. The van der Waals surface area contributed by atoms with E-state index in [2.05, 4.69) is 15.0 Å². The zero-order valence-corrected chi connectivity index (χ0v) is 13.3. The molecule has 3 aromatic heterocycles. The number of nitrogens with zero attached hydrogens (tertiary/aromatic N) is 4. The summed E-state index contributed by atoms with van der Waals surface area (Å²) in [5, 5.41) is 2.94. The second-order valence-corrected chi connectivity index (χ2v) is 6.88. The molecule has 0 aliphatic carbocycles. The Bertz CT molecular complexity index is 718. The predicted molar refractivity (Wildman–Crippen MR) is 85.8 cm³/mol. The molecule has 0 aromatic carbocycles. The first kappa shape index (κ1) is 13.5. The van der Waals surface area contributed by atoms with Crippen LogP contribution in [-0.4, -0.2) is 29.0 Å². The lowest BCUT2D eigenvalue weighted by Gasteiger charge is -2.08. The van der Waals surface area contributed by atoms with Gasteiger partial charge in [-0.3, -0.25) is 0 Å². The molecule has 0 bridgehead atoms. The molecule has 0 spiro atoms. The summed E-state index contributed by atoms with van der Waals surface area (Å²) in [6, 6.07) is 3.87. The number of anilines is 1. The molecule has 102 valence electrons. The minimum Gasteiger partial charge on any atom is -0.347 e. The topological polar surface area (TPSA) is 41.9 Å². The van der Waals surface area contributed by atoms with Gasteiger partial charge >= 0.3 is 0 Å². The second kappa shape index (κ2) is 5.47. The standard InChI is InChI=1S/C13H11ClN4S2/c1-18(2)13-15-5-8(6-16-13)12-17-9(7-19-12)10-3-4-11(14)20-10/h3-7H,1-2H3. The van der Waals surface area contributed by atoms with Crippen molar-refractivity contribution in [3.8, 4) is 21.1 Å². The van der Waals surface area contributed by atoms with Crippen LogP contribution in [-0.2, 0) is 0 Å². The summed E-state index contributed by atoms with van der Waals surface area (Å²) in [7, 11) is 3.83. The molecule has 20 heavy (non-hydrogen) atoms. The lowest BCUT2D eigenvalue weighted by Crippen LogP contribution is -2.12. The normalized spacial score (nSPS) is 10.8. The van der Waals surface area contributed by atoms with E-state index in [1.165, 1.54) is 11.3 Å². The maximum Gasteiger partial charge on any atom is 0.224 e. The van der Waals surface area contributed by atoms with Crippen molar-refractivity contribution in [2.75, 3.05) is 19.0 Å². The highest BCUT2D eigenvalue weighted by Crippen LogP contribution is 2.34. The lowest BCUT2D eigenvalue weighted by atomic mass is 10.3. The predicted octanol–water partition coefficient (Wildman–Crippen LogP) is 4.05. The van der Waals surface area contributed by atoms with E-state index < -0.39 is 0 Å². The van der Waals surface area contributed by atoms with E-state index in [0.717, 1.165) is 25.5 Å². The Morgan fingerprint density at radius 3 is 2.50 bits per heavy atom. The summed E-state index contributed by atoms with van der Waals surface area (Å²) in [5.74, 6) is 0.690. The van der Waals surface area contributed by atoms with Crippen LogP contribution in [0.1, 0.15) is 0 Å². The van der Waals surface area contributed by atoms with Crippen molar-refractivity contribution < 1.29 is 0 Å². The third kappa shape index (κ3) is 2.67. The van der Waals surface area contributed by atoms with Crippen molar-refractivity contribution in [3.05, 3.63) is 34.2 Å². The summed E-state index contributed by atoms with van der Waals surface area (Å²) in [6.45, 7) is 0. The van der Waals surface area contributed by atoms with Crippen LogP contribution in [0.4, 0.5) is 5.95 Å². The van der Waals surface area contributed by atoms with Gasteiger partial charge in [-0.2, -0.15) is 0 Å². The van der Waals surface area contributed by atoms with Gasteiger partial charge in [0.2, 0.25) is 5.95 Å². The molecule has 3 rings (SSSR count). The maximum absolute atomic E-state index is 5.95. The highest BCUT2D eigenvalue weighted by molar-refractivity contribution is 7.19. The number of halogens is 1. The molecule has 3 aromatic rings. The summed E-state index contributed by atoms with van der Waals surface area (Å²) in [5.41, 5.74) is 1.87. The molecule has 0 fully saturated rings. The number of aromatic nitrogens is 3. The Labute approximate surface area is 129 Å². The number of thiophene rings is 1. The smallest absolute Gasteiger partial charge is 0.224 e. The second-order valence-electron chi connectivity index (χ2n) is 4.31. The van der Waals surface area contributed by atoms with Crippen LogP contribution in [0.15, 0.2) is 29.9 Å². The van der Waals surface area contributed by atoms with Gasteiger partial charge in [0, 0.05) is 37.4 Å². The van der Waals surface area contributed by atoms with Crippen molar-refractivity contribution >= 4 is 40.2 Å². The van der Waals surface area contributed by atoms with Crippen LogP contribution < -0.4 is 4.90 Å². The van der Waals surface area contributed by atoms with E-state index in [4.69, 9.17) is 11.6 Å². The highest BCUT2D eigenvalue weighted by Gasteiger charge is 2.09. The van der Waals surface area contributed by atoms with Crippen LogP contribution in [0.25, 0.3) is 21.1 Å². The molecule has 0 amide bonds. The van der Waals surface area contributed by atoms with Crippen LogP contribution in [0.5, 0.6) is 0 Å². The van der Waals surface area contributed by atoms with E-state index in [1.807, 2.05) is 36.5 Å². The van der Waals surface area contributed by atoms with Gasteiger partial charge in [0.25, 0.3) is 0 Å². The van der Waals surface area contributed by atoms with E-state index in [9.17, 15) is 0 Å². The molecule has 3 heterocycles. The van der Waals surface area contributed by atoms with E-state index in [-0.39, 0.29) is 0 Å². The molecule has 4 nitrogen and oxygen atoms in total. The van der Waals surface area contributed by atoms with Gasteiger partial charge in [0.1, 0.15) is 5.01 Å². The third-order valence-electron chi connectivity index (χ3n) is 2.61. The average molecular weight is 323 g/mol. The first-order valence-corrected chi connectivity index (χ1v) is 7.92. The highest BCUT2D eigenvalue weighted by atomic mass is 35.5. The molecule has 0 saturated carbocycles. The van der Waals surface area contributed by atoms with Crippen LogP contribution in [0, 0.1) is 0 Å². The molecule has 0 N–H and O–H groups in total. The van der Waals surface area contributed by atoms with Gasteiger partial charge in [0.05, 0.1) is 14.9 Å². The van der Waals surface area contributed by atoms with Crippen molar-refractivity contribution in [2.24, 2.45) is 0 Å². The zero-order chi connectivity index (χ0) is 14.1.